The molecule has 0 aliphatic rings. The molecule has 0 radical (unpaired) electrons. The van der Waals surface area contributed by atoms with Crippen LogP contribution >= 0.6 is 0 Å². The zero-order chi connectivity index (χ0) is 14.7. The Morgan fingerprint density at radius 3 is 2.25 bits per heavy atom. The summed E-state index contributed by atoms with van der Waals surface area (Å²) in [4.78, 5) is 0. The first kappa shape index (κ1) is 14.4. The van der Waals surface area contributed by atoms with E-state index in [-0.39, 0.29) is 0 Å². The molecule has 5 heteroatoms. The second kappa shape index (κ2) is 5.94. The highest BCUT2D eigenvalue weighted by Crippen LogP contribution is 2.27. The maximum Gasteiger partial charge on any atom is 0.151 e. The highest BCUT2D eigenvalue weighted by atomic mass is 19.1. The monoisotopic (exact) mass is 277 g/mol. The van der Waals surface area contributed by atoms with Crippen molar-refractivity contribution in [1.29, 1.82) is 0 Å². The lowest BCUT2D eigenvalue weighted by Crippen LogP contribution is -2.07. The molecule has 3 nitrogen and oxygen atoms in total. The smallest absolute Gasteiger partial charge is 0.151 e. The van der Waals surface area contributed by atoms with E-state index in [0.29, 0.717) is 17.1 Å². The second-order valence-corrected chi connectivity index (χ2v) is 4.73. The molecule has 0 unspecified atom stereocenters. The van der Waals surface area contributed by atoms with Gasteiger partial charge in [0.05, 0.1) is 5.69 Å². The van der Waals surface area contributed by atoms with Crippen LogP contribution in [0.1, 0.15) is 24.5 Å². The first-order valence-electron chi connectivity index (χ1n) is 6.57. The van der Waals surface area contributed by atoms with Crippen LogP contribution in [0, 0.1) is 25.5 Å². The fourth-order valence-corrected chi connectivity index (χ4v) is 1.98. The van der Waals surface area contributed by atoms with Gasteiger partial charge in [-0.25, -0.2) is 8.78 Å². The van der Waals surface area contributed by atoms with Gasteiger partial charge in [0.15, 0.2) is 5.82 Å². The topological polar surface area (TPSA) is 37.8 Å². The van der Waals surface area contributed by atoms with Crippen LogP contribution in [0.4, 0.5) is 14.6 Å². The van der Waals surface area contributed by atoms with Crippen LogP contribution in [0.25, 0.3) is 11.3 Å². The minimum absolute atomic E-state index is 0.401. The molecule has 2 aromatic rings. The lowest BCUT2D eigenvalue weighted by atomic mass is 10.0. The summed E-state index contributed by atoms with van der Waals surface area (Å²) in [7, 11) is 0. The van der Waals surface area contributed by atoms with Gasteiger partial charge >= 0.3 is 0 Å². The first-order chi connectivity index (χ1) is 9.52. The summed E-state index contributed by atoms with van der Waals surface area (Å²) in [5, 5.41) is 11.4. The zero-order valence-electron chi connectivity index (χ0n) is 11.8. The van der Waals surface area contributed by atoms with Gasteiger partial charge in [0.25, 0.3) is 0 Å². The van der Waals surface area contributed by atoms with E-state index in [1.165, 1.54) is 12.1 Å². The first-order valence-corrected chi connectivity index (χ1v) is 6.57. The molecule has 1 heterocycles. The van der Waals surface area contributed by atoms with Gasteiger partial charge in [-0.3, -0.25) is 0 Å². The van der Waals surface area contributed by atoms with Crippen molar-refractivity contribution in [3.63, 3.8) is 0 Å². The van der Waals surface area contributed by atoms with Gasteiger partial charge in [-0.1, -0.05) is 6.92 Å². The average molecular weight is 277 g/mol. The van der Waals surface area contributed by atoms with Gasteiger partial charge < -0.3 is 5.32 Å². The molecule has 20 heavy (non-hydrogen) atoms. The van der Waals surface area contributed by atoms with Gasteiger partial charge in [0.2, 0.25) is 0 Å². The SMILES string of the molecule is CCCNc1nnc(-c2cc(F)cc(F)c2)c(C)c1C. The van der Waals surface area contributed by atoms with Crippen LogP contribution in [0.2, 0.25) is 0 Å². The van der Waals surface area contributed by atoms with Crippen LogP contribution in [-0.2, 0) is 0 Å². The Morgan fingerprint density at radius 1 is 1.00 bits per heavy atom. The maximum atomic E-state index is 13.3. The third-order valence-electron chi connectivity index (χ3n) is 3.20. The molecule has 0 saturated carbocycles. The summed E-state index contributed by atoms with van der Waals surface area (Å²) in [6.07, 6.45) is 0.983. The molecule has 1 aromatic heterocycles. The highest BCUT2D eigenvalue weighted by Gasteiger charge is 2.12. The quantitative estimate of drug-likeness (QED) is 0.922. The Labute approximate surface area is 117 Å². The molecule has 1 aromatic carbocycles. The van der Waals surface area contributed by atoms with Gasteiger partial charge in [0.1, 0.15) is 11.6 Å². The summed E-state index contributed by atoms with van der Waals surface area (Å²) in [6.45, 7) is 6.66. The Bertz CT molecular complexity index is 607. The summed E-state index contributed by atoms with van der Waals surface area (Å²) < 4.78 is 26.6. The molecule has 0 fully saturated rings. The Kier molecular flexibility index (Phi) is 4.27. The lowest BCUT2D eigenvalue weighted by molar-refractivity contribution is 0.584. The molecule has 106 valence electrons. The molecule has 0 aliphatic carbocycles. The number of aromatic nitrogens is 2. The number of nitrogens with one attached hydrogen (secondary N) is 1. The molecule has 0 aliphatic heterocycles. The van der Waals surface area contributed by atoms with Crippen molar-refractivity contribution in [1.82, 2.24) is 10.2 Å². The molecular weight excluding hydrogens is 260 g/mol. The van der Waals surface area contributed by atoms with Crippen LogP contribution in [0.3, 0.4) is 0 Å². The molecular formula is C15H17F2N3. The predicted octanol–water partition coefficient (Wildman–Crippen LogP) is 3.86. The van der Waals surface area contributed by atoms with E-state index in [1.807, 2.05) is 13.8 Å². The zero-order valence-corrected chi connectivity index (χ0v) is 11.8. The highest BCUT2D eigenvalue weighted by molar-refractivity contribution is 5.66. The van der Waals surface area contributed by atoms with Crippen LogP contribution in [-0.4, -0.2) is 16.7 Å². The largest absolute Gasteiger partial charge is 0.368 e. The van der Waals surface area contributed by atoms with Crippen LogP contribution in [0.15, 0.2) is 18.2 Å². The third kappa shape index (κ3) is 2.92. The van der Waals surface area contributed by atoms with Crippen molar-refractivity contribution >= 4 is 5.82 Å². The third-order valence-corrected chi connectivity index (χ3v) is 3.20. The Morgan fingerprint density at radius 2 is 1.65 bits per heavy atom. The molecule has 0 saturated heterocycles. The molecule has 0 amide bonds. The molecule has 0 atom stereocenters. The summed E-state index contributed by atoms with van der Waals surface area (Å²) in [5.74, 6) is -0.524. The van der Waals surface area contributed by atoms with E-state index in [1.54, 1.807) is 0 Å². The van der Waals surface area contributed by atoms with E-state index < -0.39 is 11.6 Å². The number of benzene rings is 1. The number of rotatable bonds is 4. The minimum Gasteiger partial charge on any atom is -0.368 e. The van der Waals surface area contributed by atoms with E-state index in [9.17, 15) is 8.78 Å². The van der Waals surface area contributed by atoms with Crippen molar-refractivity contribution in [2.24, 2.45) is 0 Å². The normalized spacial score (nSPS) is 10.7. The molecule has 2 rings (SSSR count). The number of nitrogens with zero attached hydrogens (tertiary/aromatic N) is 2. The van der Waals surface area contributed by atoms with Crippen molar-refractivity contribution in [2.45, 2.75) is 27.2 Å². The van der Waals surface area contributed by atoms with Crippen molar-refractivity contribution in [2.75, 3.05) is 11.9 Å². The summed E-state index contributed by atoms with van der Waals surface area (Å²) in [5.41, 5.74) is 2.71. The van der Waals surface area contributed by atoms with E-state index >= 15 is 0 Å². The standard InChI is InChI=1S/C15H17F2N3/c1-4-5-18-15-10(3)9(2)14(19-20-15)11-6-12(16)8-13(17)7-11/h6-8H,4-5H2,1-3H3,(H,18,20). The fourth-order valence-electron chi connectivity index (χ4n) is 1.98. The van der Waals surface area contributed by atoms with Crippen molar-refractivity contribution in [3.05, 3.63) is 41.0 Å². The minimum atomic E-state index is -0.618. The average Bonchev–Trinajstić information content (AvgIpc) is 2.39. The van der Waals surface area contributed by atoms with Crippen molar-refractivity contribution in [3.8, 4) is 11.3 Å². The number of hydrogen-bond acceptors (Lipinski definition) is 3. The van der Waals surface area contributed by atoms with Crippen LogP contribution < -0.4 is 5.32 Å². The molecule has 0 bridgehead atoms. The maximum absolute atomic E-state index is 13.3. The number of anilines is 1. The summed E-state index contributed by atoms with van der Waals surface area (Å²) >= 11 is 0. The Hall–Kier alpha value is -2.04. The fraction of sp³-hybridized carbons (Fsp3) is 0.333. The van der Waals surface area contributed by atoms with E-state index in [2.05, 4.69) is 22.4 Å². The molecule has 0 spiro atoms. The van der Waals surface area contributed by atoms with Gasteiger partial charge in [-0.15, -0.1) is 10.2 Å². The number of halogens is 2. The lowest BCUT2D eigenvalue weighted by Gasteiger charge is -2.12. The van der Waals surface area contributed by atoms with E-state index in [4.69, 9.17) is 0 Å². The van der Waals surface area contributed by atoms with Gasteiger partial charge in [0, 0.05) is 18.2 Å². The molecule has 1 N–H and O–H groups in total. The Balaban J connectivity index is 2.45. The predicted molar refractivity (Wildman–Crippen MR) is 75.6 cm³/mol. The van der Waals surface area contributed by atoms with Gasteiger partial charge in [-0.05, 0) is 43.5 Å². The van der Waals surface area contributed by atoms with Crippen LogP contribution in [0.5, 0.6) is 0 Å². The second-order valence-electron chi connectivity index (χ2n) is 4.73. The van der Waals surface area contributed by atoms with Gasteiger partial charge in [-0.2, -0.15) is 0 Å². The summed E-state index contributed by atoms with van der Waals surface area (Å²) in [6, 6.07) is 3.37. The van der Waals surface area contributed by atoms with E-state index in [0.717, 1.165) is 30.2 Å². The van der Waals surface area contributed by atoms with Crippen molar-refractivity contribution < 1.29 is 8.78 Å². The number of hydrogen-bond donors (Lipinski definition) is 1.